The van der Waals surface area contributed by atoms with Crippen LogP contribution in [0.3, 0.4) is 0 Å². The molecule has 1 atom stereocenters. The number of hydrogen-bond acceptors (Lipinski definition) is 5. The lowest BCUT2D eigenvalue weighted by Gasteiger charge is -2.10. The summed E-state index contributed by atoms with van der Waals surface area (Å²) in [5, 5.41) is 10.6. The van der Waals surface area contributed by atoms with Crippen molar-refractivity contribution in [2.75, 3.05) is 6.61 Å². The standard InChI is InChI=1S/C10H11NO5/c1-2-15-10(12)9(11(13)14)16-8-6-4-3-5-7-8/h3-7,9H,2H2,1H3. The van der Waals surface area contributed by atoms with Crippen molar-refractivity contribution in [1.29, 1.82) is 0 Å². The molecule has 0 saturated heterocycles. The lowest BCUT2D eigenvalue weighted by molar-refractivity contribution is -0.548. The van der Waals surface area contributed by atoms with Crippen molar-refractivity contribution >= 4 is 5.97 Å². The topological polar surface area (TPSA) is 78.7 Å². The third kappa shape index (κ3) is 3.23. The molecule has 0 bridgehead atoms. The molecule has 0 heterocycles. The molecular weight excluding hydrogens is 214 g/mol. The van der Waals surface area contributed by atoms with E-state index in [0.717, 1.165) is 0 Å². The van der Waals surface area contributed by atoms with Crippen LogP contribution in [0.5, 0.6) is 5.75 Å². The number of para-hydroxylation sites is 1. The first-order chi connectivity index (χ1) is 7.65. The minimum absolute atomic E-state index is 0.0708. The fraction of sp³-hybridized carbons (Fsp3) is 0.300. The molecule has 6 nitrogen and oxygen atoms in total. The molecule has 1 aromatic rings. The average Bonchev–Trinajstić information content (AvgIpc) is 2.27. The molecule has 0 saturated carbocycles. The second-order valence-electron chi connectivity index (χ2n) is 2.82. The number of benzene rings is 1. The first-order valence-electron chi connectivity index (χ1n) is 4.67. The van der Waals surface area contributed by atoms with E-state index in [2.05, 4.69) is 4.74 Å². The van der Waals surface area contributed by atoms with Crippen LogP contribution in [0, 0.1) is 10.1 Å². The van der Waals surface area contributed by atoms with Gasteiger partial charge in [0, 0.05) is 0 Å². The maximum absolute atomic E-state index is 11.2. The summed E-state index contributed by atoms with van der Waals surface area (Å²) in [5.41, 5.74) is 0. The lowest BCUT2D eigenvalue weighted by Crippen LogP contribution is -2.36. The van der Waals surface area contributed by atoms with Crippen LogP contribution in [0.25, 0.3) is 0 Å². The highest BCUT2D eigenvalue weighted by Crippen LogP contribution is 2.11. The lowest BCUT2D eigenvalue weighted by atomic mass is 10.3. The Balaban J connectivity index is 2.73. The van der Waals surface area contributed by atoms with Crippen molar-refractivity contribution in [3.63, 3.8) is 0 Å². The summed E-state index contributed by atoms with van der Waals surface area (Å²) in [5.74, 6) is -0.756. The van der Waals surface area contributed by atoms with Crippen molar-refractivity contribution in [1.82, 2.24) is 0 Å². The predicted molar refractivity (Wildman–Crippen MR) is 54.5 cm³/mol. The fourth-order valence-electron chi connectivity index (χ4n) is 1.02. The van der Waals surface area contributed by atoms with Gasteiger partial charge in [0.2, 0.25) is 0 Å². The van der Waals surface area contributed by atoms with E-state index in [-0.39, 0.29) is 12.4 Å². The van der Waals surface area contributed by atoms with Crippen LogP contribution in [0.1, 0.15) is 6.92 Å². The molecule has 0 amide bonds. The first kappa shape index (κ1) is 12.0. The number of hydrogen-bond donors (Lipinski definition) is 0. The third-order valence-corrected chi connectivity index (χ3v) is 1.67. The molecule has 0 aliphatic heterocycles. The monoisotopic (exact) mass is 225 g/mol. The van der Waals surface area contributed by atoms with E-state index in [9.17, 15) is 14.9 Å². The second-order valence-corrected chi connectivity index (χ2v) is 2.82. The Hall–Kier alpha value is -2.11. The Morgan fingerprint density at radius 1 is 1.44 bits per heavy atom. The fourth-order valence-corrected chi connectivity index (χ4v) is 1.02. The van der Waals surface area contributed by atoms with Crippen molar-refractivity contribution in [3.8, 4) is 5.75 Å². The molecule has 0 spiro atoms. The van der Waals surface area contributed by atoms with E-state index in [1.807, 2.05) is 0 Å². The number of ether oxygens (including phenoxy) is 2. The number of nitrogens with zero attached hydrogens (tertiary/aromatic N) is 1. The summed E-state index contributed by atoms with van der Waals surface area (Å²) < 4.78 is 9.45. The highest BCUT2D eigenvalue weighted by Gasteiger charge is 2.33. The third-order valence-electron chi connectivity index (χ3n) is 1.67. The molecule has 1 rings (SSSR count). The molecule has 0 aliphatic carbocycles. The molecule has 1 unspecified atom stereocenters. The maximum atomic E-state index is 11.2. The molecule has 16 heavy (non-hydrogen) atoms. The van der Waals surface area contributed by atoms with Crippen molar-refractivity contribution in [2.45, 2.75) is 13.2 Å². The summed E-state index contributed by atoms with van der Waals surface area (Å²) in [6, 6.07) is 8.08. The maximum Gasteiger partial charge on any atom is 0.452 e. The van der Waals surface area contributed by atoms with Gasteiger partial charge in [-0.3, -0.25) is 10.1 Å². The van der Waals surface area contributed by atoms with Crippen molar-refractivity contribution in [2.24, 2.45) is 0 Å². The van der Waals surface area contributed by atoms with Crippen LogP contribution >= 0.6 is 0 Å². The first-order valence-corrected chi connectivity index (χ1v) is 4.67. The van der Waals surface area contributed by atoms with E-state index < -0.39 is 17.1 Å². The Kier molecular flexibility index (Phi) is 4.26. The molecule has 0 radical (unpaired) electrons. The van der Waals surface area contributed by atoms with Gasteiger partial charge in [-0.25, -0.2) is 4.79 Å². The van der Waals surface area contributed by atoms with Crippen LogP contribution in [-0.2, 0) is 9.53 Å². The van der Waals surface area contributed by atoms with Gasteiger partial charge in [0.25, 0.3) is 0 Å². The number of carbonyl (C=O) groups is 1. The molecule has 6 heteroatoms. The van der Waals surface area contributed by atoms with Crippen molar-refractivity contribution < 1.29 is 19.2 Å². The normalized spacial score (nSPS) is 11.6. The molecular formula is C10H11NO5. The number of carbonyl (C=O) groups excluding carboxylic acids is 1. The number of esters is 1. The van der Waals surface area contributed by atoms with Gasteiger partial charge in [-0.1, -0.05) is 18.2 Å². The zero-order valence-electron chi connectivity index (χ0n) is 8.66. The number of nitro groups is 1. The van der Waals surface area contributed by atoms with Crippen LogP contribution in [0.4, 0.5) is 0 Å². The van der Waals surface area contributed by atoms with Crippen LogP contribution in [0.15, 0.2) is 30.3 Å². The zero-order chi connectivity index (χ0) is 12.0. The average molecular weight is 225 g/mol. The summed E-state index contributed by atoms with van der Waals surface area (Å²) in [7, 11) is 0. The Morgan fingerprint density at radius 3 is 2.56 bits per heavy atom. The van der Waals surface area contributed by atoms with Gasteiger partial charge >= 0.3 is 12.2 Å². The highest BCUT2D eigenvalue weighted by molar-refractivity contribution is 5.73. The van der Waals surface area contributed by atoms with Crippen LogP contribution < -0.4 is 4.74 Å². The minimum Gasteiger partial charge on any atom is -0.458 e. The molecule has 0 fully saturated rings. The van der Waals surface area contributed by atoms with Crippen molar-refractivity contribution in [3.05, 3.63) is 40.4 Å². The van der Waals surface area contributed by atoms with Gasteiger partial charge in [0.1, 0.15) is 5.75 Å². The van der Waals surface area contributed by atoms with E-state index in [0.29, 0.717) is 0 Å². The molecule has 0 aromatic heterocycles. The van der Waals surface area contributed by atoms with Gasteiger partial charge < -0.3 is 9.47 Å². The second kappa shape index (κ2) is 5.69. The smallest absolute Gasteiger partial charge is 0.452 e. The summed E-state index contributed by atoms with van der Waals surface area (Å²) in [6.45, 7) is 1.64. The predicted octanol–water partition coefficient (Wildman–Crippen LogP) is 1.23. The van der Waals surface area contributed by atoms with E-state index in [1.54, 1.807) is 25.1 Å². The van der Waals surface area contributed by atoms with Gasteiger partial charge in [0.05, 0.1) is 11.5 Å². The summed E-state index contributed by atoms with van der Waals surface area (Å²) in [6.07, 6.45) is -1.82. The molecule has 1 aromatic carbocycles. The largest absolute Gasteiger partial charge is 0.458 e. The molecule has 86 valence electrons. The SMILES string of the molecule is CCOC(=O)C(Oc1ccccc1)[N+](=O)[O-]. The zero-order valence-corrected chi connectivity index (χ0v) is 8.66. The summed E-state index contributed by atoms with van der Waals surface area (Å²) >= 11 is 0. The van der Waals surface area contributed by atoms with Gasteiger partial charge in [-0.15, -0.1) is 0 Å². The molecule has 0 aliphatic rings. The molecule has 0 N–H and O–H groups in total. The number of rotatable bonds is 5. The van der Waals surface area contributed by atoms with E-state index >= 15 is 0 Å². The highest BCUT2D eigenvalue weighted by atomic mass is 16.7. The van der Waals surface area contributed by atoms with Gasteiger partial charge in [-0.2, -0.15) is 0 Å². The Labute approximate surface area is 91.9 Å². The quantitative estimate of drug-likeness (QED) is 0.326. The van der Waals surface area contributed by atoms with E-state index in [1.165, 1.54) is 12.1 Å². The van der Waals surface area contributed by atoms with Crippen LogP contribution in [-0.4, -0.2) is 23.7 Å². The van der Waals surface area contributed by atoms with E-state index in [4.69, 9.17) is 4.74 Å². The Bertz CT molecular complexity index is 365. The van der Waals surface area contributed by atoms with Gasteiger partial charge in [-0.05, 0) is 19.1 Å². The minimum atomic E-state index is -1.82. The van der Waals surface area contributed by atoms with Crippen LogP contribution in [0.2, 0.25) is 0 Å². The Morgan fingerprint density at radius 2 is 2.06 bits per heavy atom. The summed E-state index contributed by atoms with van der Waals surface area (Å²) in [4.78, 5) is 21.0. The van der Waals surface area contributed by atoms with Gasteiger partial charge in [0.15, 0.2) is 0 Å².